The van der Waals surface area contributed by atoms with E-state index in [2.05, 4.69) is 15.0 Å². The number of pyridine rings is 2. The van der Waals surface area contributed by atoms with E-state index in [9.17, 15) is 28.6 Å². The van der Waals surface area contributed by atoms with E-state index < -0.39 is 47.6 Å². The van der Waals surface area contributed by atoms with Crippen LogP contribution in [0.15, 0.2) is 59.7 Å². The number of hydrogen-bond donors (Lipinski definition) is 3. The second kappa shape index (κ2) is 9.88. The number of amides is 1. The van der Waals surface area contributed by atoms with Gasteiger partial charge in [0.25, 0.3) is 0 Å². The van der Waals surface area contributed by atoms with E-state index >= 15 is 0 Å². The summed E-state index contributed by atoms with van der Waals surface area (Å²) in [4.78, 5) is 38.7. The molecule has 2 aliphatic rings. The maximum Gasteiger partial charge on any atom is 0.408 e. The quantitative estimate of drug-likeness (QED) is 0.336. The maximum absolute atomic E-state index is 14.4. The van der Waals surface area contributed by atoms with Crippen LogP contribution in [0, 0.1) is 11.6 Å². The van der Waals surface area contributed by atoms with Gasteiger partial charge < -0.3 is 10.2 Å². The Bertz CT molecular complexity index is 1580. The molecule has 1 aliphatic carbocycles. The number of nitrogens with zero attached hydrogens (tertiary/aromatic N) is 4. The number of carboxylic acid groups (broad SMARTS) is 1. The van der Waals surface area contributed by atoms with Crippen LogP contribution >= 0.6 is 0 Å². The number of benzene rings is 1. The molecule has 9 nitrogen and oxygen atoms in total. The van der Waals surface area contributed by atoms with Gasteiger partial charge in [0, 0.05) is 36.1 Å². The minimum Gasteiger partial charge on any atom is -0.465 e. The number of carbonyl (C=O) groups is 1. The largest absolute Gasteiger partial charge is 0.465 e. The molecule has 0 spiro atoms. The van der Waals surface area contributed by atoms with Crippen LogP contribution < -0.4 is 5.69 Å². The number of likely N-dealkylation sites (tertiary alicyclic amines) is 1. The van der Waals surface area contributed by atoms with Crippen molar-refractivity contribution in [1.82, 2.24) is 24.4 Å². The molecule has 0 bridgehead atoms. The molecule has 1 amide bonds. The summed E-state index contributed by atoms with van der Waals surface area (Å²) in [5.74, 6) is -2.14. The first-order valence-corrected chi connectivity index (χ1v) is 13.0. The molecule has 0 radical (unpaired) electrons. The number of hydrogen-bond acceptors (Lipinski definition) is 5. The van der Waals surface area contributed by atoms with Gasteiger partial charge in [-0.2, -0.15) is 0 Å². The summed E-state index contributed by atoms with van der Waals surface area (Å²) < 4.78 is 30.2. The van der Waals surface area contributed by atoms with Gasteiger partial charge in [-0.15, -0.1) is 0 Å². The SMILES string of the molecule is O=C(O)N1C(C2CCCCc3cccnc32)CC(n2c(=O)[nH]c3ncccc32)[C@H](O)[C@@H]1c1cc(F)cc(F)c1. The third kappa shape index (κ3) is 4.36. The second-order valence-corrected chi connectivity index (χ2v) is 10.3. The van der Waals surface area contributed by atoms with Crippen molar-refractivity contribution >= 4 is 17.3 Å². The van der Waals surface area contributed by atoms with Gasteiger partial charge in [0.2, 0.25) is 0 Å². The molecular weight excluding hydrogens is 508 g/mol. The van der Waals surface area contributed by atoms with Crippen LogP contribution in [0.4, 0.5) is 13.6 Å². The molecule has 1 saturated heterocycles. The van der Waals surface area contributed by atoms with Crippen LogP contribution in [0.5, 0.6) is 0 Å². The van der Waals surface area contributed by atoms with Crippen molar-refractivity contribution in [3.8, 4) is 0 Å². The molecule has 0 saturated carbocycles. The fourth-order valence-corrected chi connectivity index (χ4v) is 6.54. The summed E-state index contributed by atoms with van der Waals surface area (Å²) in [6.45, 7) is 0. The van der Waals surface area contributed by atoms with Gasteiger partial charge in [-0.05, 0) is 67.1 Å². The van der Waals surface area contributed by atoms with Crippen LogP contribution in [0.2, 0.25) is 0 Å². The van der Waals surface area contributed by atoms with Gasteiger partial charge >= 0.3 is 11.8 Å². The van der Waals surface area contributed by atoms with Gasteiger partial charge in [0.1, 0.15) is 11.6 Å². The Morgan fingerprint density at radius 2 is 1.77 bits per heavy atom. The van der Waals surface area contributed by atoms with Crippen LogP contribution in [-0.2, 0) is 6.42 Å². The lowest BCUT2D eigenvalue weighted by molar-refractivity contribution is -0.0520. The number of halogens is 2. The number of aromatic nitrogens is 4. The summed E-state index contributed by atoms with van der Waals surface area (Å²) in [5, 5.41) is 22.3. The average Bonchev–Trinajstić information content (AvgIpc) is 3.08. The number of piperidine rings is 1. The van der Waals surface area contributed by atoms with Crippen molar-refractivity contribution in [2.75, 3.05) is 0 Å². The molecule has 3 N–H and O–H groups in total. The van der Waals surface area contributed by atoms with Crippen molar-refractivity contribution < 1.29 is 23.8 Å². The molecule has 3 aromatic heterocycles. The average molecular weight is 536 g/mol. The van der Waals surface area contributed by atoms with Crippen LogP contribution in [0.3, 0.4) is 0 Å². The fourth-order valence-electron chi connectivity index (χ4n) is 6.54. The Morgan fingerprint density at radius 3 is 2.54 bits per heavy atom. The Hall–Kier alpha value is -4.12. The molecule has 4 heterocycles. The number of rotatable bonds is 3. The van der Waals surface area contributed by atoms with Crippen LogP contribution in [-0.4, -0.2) is 52.9 Å². The van der Waals surface area contributed by atoms with Crippen molar-refractivity contribution in [3.63, 3.8) is 0 Å². The van der Waals surface area contributed by atoms with Crippen molar-refractivity contribution in [3.05, 3.63) is 93.8 Å². The monoisotopic (exact) mass is 535 g/mol. The number of aromatic amines is 1. The van der Waals surface area contributed by atoms with Crippen molar-refractivity contribution in [2.45, 2.75) is 62.3 Å². The second-order valence-electron chi connectivity index (χ2n) is 10.3. The zero-order chi connectivity index (χ0) is 27.3. The number of aliphatic hydroxyl groups excluding tert-OH is 1. The highest BCUT2D eigenvalue weighted by molar-refractivity contribution is 5.71. The first-order valence-electron chi connectivity index (χ1n) is 13.0. The molecule has 1 aliphatic heterocycles. The molecule has 1 fully saturated rings. The number of imidazole rings is 1. The number of nitrogens with one attached hydrogen (secondary N) is 1. The highest BCUT2D eigenvalue weighted by Crippen LogP contribution is 2.47. The predicted octanol–water partition coefficient (Wildman–Crippen LogP) is 4.30. The smallest absolute Gasteiger partial charge is 0.408 e. The summed E-state index contributed by atoms with van der Waals surface area (Å²) in [7, 11) is 0. The standard InChI is InChI=1S/C28H27F2N5O4/c29-17-11-16(12-18(30)13-17)24-25(36)22(34-20-8-4-10-32-26(20)33-27(34)37)14-21(35(24)28(38)39)19-7-2-1-5-15-6-3-9-31-23(15)19/h3-4,6,8-13,19,21-22,24-25,36H,1-2,5,7,14H2,(H,38,39)(H,32,33,37)/t19?,21?,22?,24-,25-/m0/s1. The lowest BCUT2D eigenvalue weighted by Crippen LogP contribution is -2.57. The minimum absolute atomic E-state index is 0.0296. The van der Waals surface area contributed by atoms with E-state index in [0.29, 0.717) is 23.7 Å². The molecule has 39 heavy (non-hydrogen) atoms. The predicted molar refractivity (Wildman–Crippen MR) is 137 cm³/mol. The third-order valence-corrected chi connectivity index (χ3v) is 8.08. The van der Waals surface area contributed by atoms with E-state index in [4.69, 9.17) is 0 Å². The Kier molecular flexibility index (Phi) is 6.38. The van der Waals surface area contributed by atoms with Gasteiger partial charge in [0.15, 0.2) is 5.65 Å². The number of fused-ring (bicyclic) bond motifs is 2. The summed E-state index contributed by atoms with van der Waals surface area (Å²) in [5.41, 5.74) is 2.02. The Balaban J connectivity index is 1.57. The number of aliphatic hydroxyl groups is 1. The molecular formula is C28H27F2N5O4. The third-order valence-electron chi connectivity index (χ3n) is 8.08. The highest BCUT2D eigenvalue weighted by atomic mass is 19.1. The molecule has 1 aromatic carbocycles. The van der Waals surface area contributed by atoms with E-state index in [1.807, 2.05) is 12.1 Å². The van der Waals surface area contributed by atoms with Crippen molar-refractivity contribution in [2.24, 2.45) is 0 Å². The fraction of sp³-hybridized carbons (Fsp3) is 0.357. The first-order chi connectivity index (χ1) is 18.8. The van der Waals surface area contributed by atoms with E-state index in [1.165, 1.54) is 10.8 Å². The molecule has 3 unspecified atom stereocenters. The first kappa shape index (κ1) is 25.2. The van der Waals surface area contributed by atoms with Crippen LogP contribution in [0.25, 0.3) is 11.2 Å². The molecule has 202 valence electrons. The summed E-state index contributed by atoms with van der Waals surface area (Å²) in [6, 6.07) is 6.93. The van der Waals surface area contributed by atoms with E-state index in [1.54, 1.807) is 18.3 Å². The lowest BCUT2D eigenvalue weighted by atomic mass is 9.77. The maximum atomic E-state index is 14.4. The highest BCUT2D eigenvalue weighted by Gasteiger charge is 2.50. The van der Waals surface area contributed by atoms with Crippen molar-refractivity contribution in [1.29, 1.82) is 0 Å². The van der Waals surface area contributed by atoms with Gasteiger partial charge in [-0.1, -0.05) is 12.5 Å². The lowest BCUT2D eigenvalue weighted by Gasteiger charge is -2.49. The van der Waals surface area contributed by atoms with E-state index in [0.717, 1.165) is 47.6 Å². The van der Waals surface area contributed by atoms with Gasteiger partial charge in [-0.3, -0.25) is 19.4 Å². The summed E-state index contributed by atoms with van der Waals surface area (Å²) >= 11 is 0. The Morgan fingerprint density at radius 1 is 1.03 bits per heavy atom. The zero-order valence-corrected chi connectivity index (χ0v) is 20.9. The van der Waals surface area contributed by atoms with Gasteiger partial charge in [-0.25, -0.2) is 23.4 Å². The molecule has 4 aromatic rings. The van der Waals surface area contributed by atoms with E-state index in [-0.39, 0.29) is 17.9 Å². The van der Waals surface area contributed by atoms with Crippen LogP contribution in [0.1, 0.15) is 60.5 Å². The minimum atomic E-state index is -1.50. The number of aryl methyl sites for hydroxylation is 1. The van der Waals surface area contributed by atoms with Gasteiger partial charge in [0.05, 0.1) is 23.7 Å². The molecule has 6 rings (SSSR count). The topological polar surface area (TPSA) is 124 Å². The summed E-state index contributed by atoms with van der Waals surface area (Å²) in [6.07, 6.45) is 3.64. The zero-order valence-electron chi connectivity index (χ0n) is 20.9. The Labute approximate surface area is 221 Å². The molecule has 5 atom stereocenters. The normalized spacial score (nSPS) is 25.3. The number of H-pyrrole nitrogens is 1. The molecule has 11 heteroatoms.